The molecule has 1 heterocycles. The number of nitrogens with zero attached hydrogens (tertiary/aromatic N) is 1. The van der Waals surface area contributed by atoms with Crippen molar-refractivity contribution < 1.29 is 0 Å². The topological polar surface area (TPSA) is 27.3 Å². The lowest BCUT2D eigenvalue weighted by atomic mass is 9.94. The molecule has 0 radical (unpaired) electrons. The van der Waals surface area contributed by atoms with Crippen LogP contribution < -0.4 is 10.9 Å². The third kappa shape index (κ3) is 2.37. The lowest BCUT2D eigenvalue weighted by Gasteiger charge is -2.34. The van der Waals surface area contributed by atoms with Gasteiger partial charge in [-0.15, -0.1) is 0 Å². The Balaban J connectivity index is 2.08. The van der Waals surface area contributed by atoms with Crippen LogP contribution in [0, 0.1) is 0 Å². The predicted molar refractivity (Wildman–Crippen MR) is 62.5 cm³/mol. The molecule has 1 aromatic carbocycles. The van der Waals surface area contributed by atoms with Crippen LogP contribution in [0.4, 0.5) is 0 Å². The molecule has 82 valence electrons. The van der Waals surface area contributed by atoms with Crippen LogP contribution in [-0.4, -0.2) is 31.6 Å². The fourth-order valence-electron chi connectivity index (χ4n) is 2.17. The predicted octanol–water partition coefficient (Wildman–Crippen LogP) is 0.767. The average Bonchev–Trinajstić information content (AvgIpc) is 2.26. The van der Waals surface area contributed by atoms with Gasteiger partial charge in [0.05, 0.1) is 0 Å². The van der Waals surface area contributed by atoms with Gasteiger partial charge in [0.15, 0.2) is 0 Å². The second-order valence-corrected chi connectivity index (χ2v) is 4.17. The summed E-state index contributed by atoms with van der Waals surface area (Å²) in [7, 11) is 4.11. The van der Waals surface area contributed by atoms with E-state index in [1.54, 1.807) is 0 Å². The molecule has 2 N–H and O–H groups in total. The molecule has 1 atom stereocenters. The minimum absolute atomic E-state index is 0.590. The molecule has 1 aliphatic rings. The van der Waals surface area contributed by atoms with Gasteiger partial charge in [-0.2, -0.15) is 0 Å². The number of rotatable bonds is 3. The zero-order chi connectivity index (χ0) is 10.7. The summed E-state index contributed by atoms with van der Waals surface area (Å²) in [6.45, 7) is 2.05. The smallest absolute Gasteiger partial charge is 0.0275 e. The first-order valence-electron chi connectivity index (χ1n) is 5.48. The molecule has 0 fully saturated rings. The van der Waals surface area contributed by atoms with Crippen LogP contribution in [0.2, 0.25) is 0 Å². The molecule has 1 unspecified atom stereocenters. The number of benzene rings is 1. The second-order valence-electron chi connectivity index (χ2n) is 4.17. The lowest BCUT2D eigenvalue weighted by Crippen LogP contribution is -2.46. The van der Waals surface area contributed by atoms with E-state index in [4.69, 9.17) is 0 Å². The molecule has 3 heteroatoms. The summed E-state index contributed by atoms with van der Waals surface area (Å²) in [6.07, 6.45) is 1.14. The largest absolute Gasteiger partial charge is 0.298 e. The van der Waals surface area contributed by atoms with Crippen LogP contribution in [0.5, 0.6) is 0 Å². The molecular weight excluding hydrogens is 186 g/mol. The van der Waals surface area contributed by atoms with Crippen LogP contribution in [-0.2, 0) is 13.0 Å². The SMILES string of the molecule is CNNCC1Cc2ccccc2CN1C. The van der Waals surface area contributed by atoms with Gasteiger partial charge in [-0.3, -0.25) is 15.8 Å². The van der Waals surface area contributed by atoms with Gasteiger partial charge < -0.3 is 0 Å². The van der Waals surface area contributed by atoms with Crippen molar-refractivity contribution in [1.29, 1.82) is 0 Å². The number of hydrogen-bond acceptors (Lipinski definition) is 3. The minimum Gasteiger partial charge on any atom is -0.298 e. The summed E-state index contributed by atoms with van der Waals surface area (Å²) < 4.78 is 0. The highest BCUT2D eigenvalue weighted by Crippen LogP contribution is 2.21. The van der Waals surface area contributed by atoms with Gasteiger partial charge in [0, 0.05) is 19.1 Å². The van der Waals surface area contributed by atoms with Crippen molar-refractivity contribution in [2.75, 3.05) is 20.6 Å². The molecule has 0 amide bonds. The summed E-state index contributed by atoms with van der Waals surface area (Å²) >= 11 is 0. The number of nitrogens with one attached hydrogen (secondary N) is 2. The minimum atomic E-state index is 0.590. The molecule has 15 heavy (non-hydrogen) atoms. The number of fused-ring (bicyclic) bond motifs is 1. The molecule has 1 aromatic rings. The third-order valence-electron chi connectivity index (χ3n) is 3.13. The first-order valence-corrected chi connectivity index (χ1v) is 5.48. The molecule has 0 aromatic heterocycles. The van der Waals surface area contributed by atoms with E-state index in [0.717, 1.165) is 19.5 Å². The van der Waals surface area contributed by atoms with Crippen LogP contribution in [0.3, 0.4) is 0 Å². The molecule has 3 nitrogen and oxygen atoms in total. The highest BCUT2D eigenvalue weighted by atomic mass is 15.3. The molecule has 0 bridgehead atoms. The normalized spacial score (nSPS) is 21.3. The van der Waals surface area contributed by atoms with Crippen molar-refractivity contribution in [3.05, 3.63) is 35.4 Å². The summed E-state index contributed by atoms with van der Waals surface area (Å²) in [5.41, 5.74) is 9.14. The van der Waals surface area contributed by atoms with Gasteiger partial charge in [0.1, 0.15) is 0 Å². The van der Waals surface area contributed by atoms with Crippen LogP contribution in [0.25, 0.3) is 0 Å². The molecule has 0 spiro atoms. The summed E-state index contributed by atoms with van der Waals surface area (Å²) in [6, 6.07) is 9.32. The third-order valence-corrected chi connectivity index (χ3v) is 3.13. The summed E-state index contributed by atoms with van der Waals surface area (Å²) in [5.74, 6) is 0. The number of likely N-dealkylation sites (N-methyl/N-ethyl adjacent to an activating group) is 1. The maximum Gasteiger partial charge on any atom is 0.0275 e. The van der Waals surface area contributed by atoms with Crippen molar-refractivity contribution in [3.63, 3.8) is 0 Å². The fraction of sp³-hybridized carbons (Fsp3) is 0.500. The highest BCUT2D eigenvalue weighted by molar-refractivity contribution is 5.30. The van der Waals surface area contributed by atoms with Gasteiger partial charge in [0.2, 0.25) is 0 Å². The lowest BCUT2D eigenvalue weighted by molar-refractivity contribution is 0.206. The van der Waals surface area contributed by atoms with Crippen molar-refractivity contribution in [1.82, 2.24) is 15.8 Å². The Hall–Kier alpha value is -0.900. The quantitative estimate of drug-likeness (QED) is 0.714. The fourth-order valence-corrected chi connectivity index (χ4v) is 2.17. The Morgan fingerprint density at radius 3 is 2.80 bits per heavy atom. The zero-order valence-electron chi connectivity index (χ0n) is 9.46. The Morgan fingerprint density at radius 1 is 1.33 bits per heavy atom. The Labute approximate surface area is 91.4 Å². The van der Waals surface area contributed by atoms with E-state index in [2.05, 4.69) is 47.1 Å². The van der Waals surface area contributed by atoms with Crippen molar-refractivity contribution in [2.24, 2.45) is 0 Å². The van der Waals surface area contributed by atoms with Gasteiger partial charge in [-0.25, -0.2) is 0 Å². The Kier molecular flexibility index (Phi) is 3.36. The van der Waals surface area contributed by atoms with E-state index in [9.17, 15) is 0 Å². The van der Waals surface area contributed by atoms with Crippen molar-refractivity contribution >= 4 is 0 Å². The molecule has 1 aliphatic heterocycles. The average molecular weight is 205 g/mol. The molecule has 2 rings (SSSR count). The van der Waals surface area contributed by atoms with Gasteiger partial charge in [-0.1, -0.05) is 24.3 Å². The van der Waals surface area contributed by atoms with Crippen molar-refractivity contribution in [2.45, 2.75) is 19.0 Å². The molecular formula is C12H19N3. The molecule has 0 aliphatic carbocycles. The highest BCUT2D eigenvalue weighted by Gasteiger charge is 2.22. The maximum atomic E-state index is 3.19. The van der Waals surface area contributed by atoms with E-state index < -0.39 is 0 Å². The van der Waals surface area contributed by atoms with Crippen LogP contribution >= 0.6 is 0 Å². The Morgan fingerprint density at radius 2 is 2.07 bits per heavy atom. The van der Waals surface area contributed by atoms with E-state index in [-0.39, 0.29) is 0 Å². The maximum absolute atomic E-state index is 3.19. The van der Waals surface area contributed by atoms with Crippen LogP contribution in [0.15, 0.2) is 24.3 Å². The van der Waals surface area contributed by atoms with E-state index in [0.29, 0.717) is 6.04 Å². The van der Waals surface area contributed by atoms with E-state index in [1.807, 2.05) is 7.05 Å². The monoisotopic (exact) mass is 205 g/mol. The number of hydrogen-bond donors (Lipinski definition) is 2. The summed E-state index contributed by atoms with van der Waals surface area (Å²) in [5, 5.41) is 0. The summed E-state index contributed by atoms with van der Waals surface area (Å²) in [4.78, 5) is 2.41. The zero-order valence-corrected chi connectivity index (χ0v) is 9.46. The second kappa shape index (κ2) is 4.75. The van der Waals surface area contributed by atoms with E-state index >= 15 is 0 Å². The van der Waals surface area contributed by atoms with Crippen molar-refractivity contribution in [3.8, 4) is 0 Å². The standard InChI is InChI=1S/C12H19N3/c1-13-14-8-12-7-10-5-3-4-6-11(10)9-15(12)2/h3-6,12-14H,7-9H2,1-2H3. The first-order chi connectivity index (χ1) is 7.31. The van der Waals surface area contributed by atoms with E-state index in [1.165, 1.54) is 11.1 Å². The van der Waals surface area contributed by atoms with Crippen LogP contribution in [0.1, 0.15) is 11.1 Å². The first kappa shape index (κ1) is 10.6. The molecule has 0 saturated heterocycles. The van der Waals surface area contributed by atoms with Gasteiger partial charge >= 0.3 is 0 Å². The van der Waals surface area contributed by atoms with Gasteiger partial charge in [0.25, 0.3) is 0 Å². The number of hydrazine groups is 1. The van der Waals surface area contributed by atoms with Gasteiger partial charge in [-0.05, 0) is 31.6 Å². The molecule has 0 saturated carbocycles. The Bertz CT molecular complexity index is 324.